The van der Waals surface area contributed by atoms with Crippen LogP contribution >= 0.6 is 23.2 Å². The highest BCUT2D eigenvalue weighted by Gasteiger charge is 2.29. The van der Waals surface area contributed by atoms with Crippen LogP contribution in [0.15, 0.2) is 18.2 Å². The molecule has 3 nitrogen and oxygen atoms in total. The highest BCUT2D eigenvalue weighted by atomic mass is 35.5. The SMILES string of the molecule is CC(CO)(NCC1CCCO1)c1cc(Cl)ccc1Cl. The molecule has 1 aliphatic rings. The molecule has 2 atom stereocenters. The Labute approximate surface area is 123 Å². The molecule has 1 aromatic rings. The molecular formula is C14H19Cl2NO2. The quantitative estimate of drug-likeness (QED) is 0.879. The van der Waals surface area contributed by atoms with E-state index in [0.29, 0.717) is 16.6 Å². The number of nitrogens with one attached hydrogen (secondary N) is 1. The van der Waals surface area contributed by atoms with Crippen molar-refractivity contribution < 1.29 is 9.84 Å². The third-order valence-corrected chi connectivity index (χ3v) is 4.15. The molecule has 1 saturated heterocycles. The van der Waals surface area contributed by atoms with E-state index in [1.54, 1.807) is 18.2 Å². The van der Waals surface area contributed by atoms with Crippen molar-refractivity contribution in [2.75, 3.05) is 19.8 Å². The molecule has 19 heavy (non-hydrogen) atoms. The van der Waals surface area contributed by atoms with E-state index in [2.05, 4.69) is 5.32 Å². The molecule has 0 saturated carbocycles. The van der Waals surface area contributed by atoms with Gasteiger partial charge in [-0.2, -0.15) is 0 Å². The zero-order chi connectivity index (χ0) is 13.9. The van der Waals surface area contributed by atoms with Gasteiger partial charge in [0.15, 0.2) is 0 Å². The Morgan fingerprint density at radius 2 is 2.26 bits per heavy atom. The number of aliphatic hydroxyl groups is 1. The van der Waals surface area contributed by atoms with Crippen LogP contribution in [-0.2, 0) is 10.3 Å². The number of benzene rings is 1. The minimum absolute atomic E-state index is 0.0558. The van der Waals surface area contributed by atoms with Gasteiger partial charge in [0.2, 0.25) is 0 Å². The second-order valence-electron chi connectivity index (χ2n) is 5.13. The molecule has 0 aromatic heterocycles. The van der Waals surface area contributed by atoms with Crippen molar-refractivity contribution in [3.05, 3.63) is 33.8 Å². The molecular weight excluding hydrogens is 285 g/mol. The van der Waals surface area contributed by atoms with Crippen molar-refractivity contribution in [1.82, 2.24) is 5.32 Å². The van der Waals surface area contributed by atoms with Crippen molar-refractivity contribution in [2.24, 2.45) is 0 Å². The summed E-state index contributed by atoms with van der Waals surface area (Å²) in [7, 11) is 0. The van der Waals surface area contributed by atoms with Crippen LogP contribution < -0.4 is 5.32 Å². The van der Waals surface area contributed by atoms with Crippen LogP contribution in [0.25, 0.3) is 0 Å². The predicted molar refractivity (Wildman–Crippen MR) is 77.9 cm³/mol. The molecule has 2 rings (SSSR count). The molecule has 1 fully saturated rings. The highest BCUT2D eigenvalue weighted by molar-refractivity contribution is 6.33. The number of halogens is 2. The Morgan fingerprint density at radius 1 is 1.47 bits per heavy atom. The van der Waals surface area contributed by atoms with E-state index < -0.39 is 5.54 Å². The van der Waals surface area contributed by atoms with Crippen LogP contribution in [0.5, 0.6) is 0 Å². The van der Waals surface area contributed by atoms with Crippen LogP contribution in [0.1, 0.15) is 25.3 Å². The minimum Gasteiger partial charge on any atom is -0.394 e. The van der Waals surface area contributed by atoms with Gasteiger partial charge in [-0.3, -0.25) is 0 Å². The van der Waals surface area contributed by atoms with Gasteiger partial charge in [0.1, 0.15) is 0 Å². The predicted octanol–water partition coefficient (Wildman–Crippen LogP) is 2.97. The number of ether oxygens (including phenoxy) is 1. The summed E-state index contributed by atoms with van der Waals surface area (Å²) in [5, 5.41) is 14.3. The lowest BCUT2D eigenvalue weighted by Gasteiger charge is -2.31. The fourth-order valence-electron chi connectivity index (χ4n) is 2.30. The Bertz CT molecular complexity index is 435. The smallest absolute Gasteiger partial charge is 0.0700 e. The first-order valence-corrected chi connectivity index (χ1v) is 7.24. The topological polar surface area (TPSA) is 41.5 Å². The molecule has 0 amide bonds. The Morgan fingerprint density at radius 3 is 2.89 bits per heavy atom. The maximum Gasteiger partial charge on any atom is 0.0700 e. The van der Waals surface area contributed by atoms with Crippen molar-refractivity contribution in [2.45, 2.75) is 31.4 Å². The van der Waals surface area contributed by atoms with Crippen molar-refractivity contribution >= 4 is 23.2 Å². The zero-order valence-corrected chi connectivity index (χ0v) is 12.5. The minimum atomic E-state index is -0.617. The third kappa shape index (κ3) is 3.61. The fourth-order valence-corrected chi connectivity index (χ4v) is 2.80. The van der Waals surface area contributed by atoms with E-state index in [9.17, 15) is 5.11 Å². The molecule has 2 N–H and O–H groups in total. The monoisotopic (exact) mass is 303 g/mol. The summed E-state index contributed by atoms with van der Waals surface area (Å²) in [5.41, 5.74) is 0.190. The van der Waals surface area contributed by atoms with Crippen molar-refractivity contribution in [3.8, 4) is 0 Å². The Kier molecular flexibility index (Phi) is 5.09. The lowest BCUT2D eigenvalue weighted by Crippen LogP contribution is -2.46. The molecule has 106 valence electrons. The average molecular weight is 304 g/mol. The van der Waals surface area contributed by atoms with E-state index >= 15 is 0 Å². The Balaban J connectivity index is 2.13. The second-order valence-corrected chi connectivity index (χ2v) is 5.97. The maximum absolute atomic E-state index is 9.72. The largest absolute Gasteiger partial charge is 0.394 e. The maximum atomic E-state index is 9.72. The number of aliphatic hydroxyl groups excluding tert-OH is 1. The summed E-state index contributed by atoms with van der Waals surface area (Å²) in [6.45, 7) is 3.37. The summed E-state index contributed by atoms with van der Waals surface area (Å²) in [6.07, 6.45) is 2.36. The molecule has 0 bridgehead atoms. The van der Waals surface area contributed by atoms with E-state index in [0.717, 1.165) is 25.0 Å². The van der Waals surface area contributed by atoms with Crippen LogP contribution in [-0.4, -0.2) is 31.0 Å². The van der Waals surface area contributed by atoms with E-state index in [4.69, 9.17) is 27.9 Å². The van der Waals surface area contributed by atoms with Gasteiger partial charge in [0, 0.05) is 23.2 Å². The first-order valence-electron chi connectivity index (χ1n) is 6.48. The summed E-state index contributed by atoms with van der Waals surface area (Å²) in [6, 6.07) is 5.29. The number of hydrogen-bond acceptors (Lipinski definition) is 3. The van der Waals surface area contributed by atoms with Crippen molar-refractivity contribution in [1.29, 1.82) is 0 Å². The molecule has 2 unspecified atom stereocenters. The third-order valence-electron chi connectivity index (χ3n) is 3.58. The number of rotatable bonds is 5. The van der Waals surface area contributed by atoms with Crippen molar-refractivity contribution in [3.63, 3.8) is 0 Å². The van der Waals surface area contributed by atoms with Gasteiger partial charge >= 0.3 is 0 Å². The summed E-state index contributed by atoms with van der Waals surface area (Å²) >= 11 is 12.2. The zero-order valence-electron chi connectivity index (χ0n) is 11.0. The lowest BCUT2D eigenvalue weighted by molar-refractivity contribution is 0.0910. The van der Waals surface area contributed by atoms with Gasteiger partial charge < -0.3 is 15.2 Å². The molecule has 1 aromatic carbocycles. The van der Waals surface area contributed by atoms with E-state index in [1.807, 2.05) is 6.92 Å². The summed E-state index contributed by atoms with van der Waals surface area (Å²) in [5.74, 6) is 0. The molecule has 0 aliphatic carbocycles. The van der Waals surface area contributed by atoms with Gasteiger partial charge in [-0.25, -0.2) is 0 Å². The standard InChI is InChI=1S/C14H19Cl2NO2/c1-14(9-18,17-8-11-3-2-6-19-11)12-7-10(15)4-5-13(12)16/h4-5,7,11,17-18H,2-3,6,8-9H2,1H3. The number of hydrogen-bond donors (Lipinski definition) is 2. The molecule has 1 aliphatic heterocycles. The molecule has 0 spiro atoms. The van der Waals surface area contributed by atoms with Gasteiger partial charge in [0.05, 0.1) is 18.2 Å². The second kappa shape index (κ2) is 6.42. The first-order chi connectivity index (χ1) is 9.05. The average Bonchev–Trinajstić information content (AvgIpc) is 2.92. The molecule has 5 heteroatoms. The summed E-state index contributed by atoms with van der Waals surface area (Å²) < 4.78 is 5.58. The highest BCUT2D eigenvalue weighted by Crippen LogP contribution is 2.30. The normalized spacial score (nSPS) is 22.4. The molecule has 1 heterocycles. The van der Waals surface area contributed by atoms with Gasteiger partial charge in [0.25, 0.3) is 0 Å². The van der Waals surface area contributed by atoms with Crippen LogP contribution in [0.2, 0.25) is 10.0 Å². The lowest BCUT2D eigenvalue weighted by atomic mass is 9.92. The fraction of sp³-hybridized carbons (Fsp3) is 0.571. The molecule has 0 radical (unpaired) electrons. The van der Waals surface area contributed by atoms with Crippen LogP contribution in [0, 0.1) is 0 Å². The Hall–Kier alpha value is -0.320. The van der Waals surface area contributed by atoms with Gasteiger partial charge in [-0.05, 0) is 43.5 Å². The van der Waals surface area contributed by atoms with Gasteiger partial charge in [-0.1, -0.05) is 23.2 Å². The van der Waals surface area contributed by atoms with E-state index in [1.165, 1.54) is 0 Å². The van der Waals surface area contributed by atoms with Crippen LogP contribution in [0.3, 0.4) is 0 Å². The summed E-state index contributed by atoms with van der Waals surface area (Å²) in [4.78, 5) is 0. The van der Waals surface area contributed by atoms with Crippen LogP contribution in [0.4, 0.5) is 0 Å². The van der Waals surface area contributed by atoms with E-state index in [-0.39, 0.29) is 12.7 Å². The van der Waals surface area contributed by atoms with Gasteiger partial charge in [-0.15, -0.1) is 0 Å². The first kappa shape index (κ1) is 15.1.